The highest BCUT2D eigenvalue weighted by atomic mass is 79.9. The first kappa shape index (κ1) is 16.2. The van der Waals surface area contributed by atoms with Gasteiger partial charge in [0.1, 0.15) is 0 Å². The lowest BCUT2D eigenvalue weighted by Gasteiger charge is -2.30. The minimum Gasteiger partial charge on any atom is -0.329 e. The molecule has 0 fully saturated rings. The van der Waals surface area contributed by atoms with E-state index in [1.165, 1.54) is 22.3 Å². The van der Waals surface area contributed by atoms with Crippen LogP contribution in [0.25, 0.3) is 0 Å². The normalized spacial score (nSPS) is 12.7. The molecular formula is C18H23BrN2. The molecule has 1 unspecified atom stereocenters. The summed E-state index contributed by atoms with van der Waals surface area (Å²) < 4.78 is 1.11. The van der Waals surface area contributed by atoms with Crippen molar-refractivity contribution in [2.24, 2.45) is 5.73 Å². The van der Waals surface area contributed by atoms with Crippen molar-refractivity contribution in [2.45, 2.75) is 26.4 Å². The van der Waals surface area contributed by atoms with Crippen molar-refractivity contribution in [3.05, 3.63) is 69.2 Å². The molecule has 0 heterocycles. The lowest BCUT2D eigenvalue weighted by atomic mass is 9.95. The third kappa shape index (κ3) is 3.94. The molecule has 2 nitrogen and oxygen atoms in total. The highest BCUT2D eigenvalue weighted by Gasteiger charge is 2.19. The Morgan fingerprint density at radius 3 is 2.14 bits per heavy atom. The number of hydrogen-bond acceptors (Lipinski definition) is 2. The fourth-order valence-corrected chi connectivity index (χ4v) is 3.12. The molecule has 0 saturated carbocycles. The van der Waals surface area contributed by atoms with Crippen molar-refractivity contribution < 1.29 is 0 Å². The molecule has 0 bridgehead atoms. The van der Waals surface area contributed by atoms with Crippen LogP contribution in [0.3, 0.4) is 0 Å². The molecule has 0 aromatic heterocycles. The number of aryl methyl sites for hydroxylation is 2. The second kappa shape index (κ2) is 7.21. The molecule has 21 heavy (non-hydrogen) atoms. The Balaban J connectivity index is 2.22. The Hall–Kier alpha value is -1.16. The predicted octanol–water partition coefficient (Wildman–Crippen LogP) is 4.20. The molecule has 1 atom stereocenters. The van der Waals surface area contributed by atoms with Gasteiger partial charge in [-0.15, -0.1) is 0 Å². The van der Waals surface area contributed by atoms with Gasteiger partial charge < -0.3 is 5.73 Å². The summed E-state index contributed by atoms with van der Waals surface area (Å²) in [6, 6.07) is 15.2. The summed E-state index contributed by atoms with van der Waals surface area (Å²) in [6.07, 6.45) is 0. The molecule has 2 aromatic rings. The fraction of sp³-hybridized carbons (Fsp3) is 0.333. The van der Waals surface area contributed by atoms with Gasteiger partial charge in [0.25, 0.3) is 0 Å². The summed E-state index contributed by atoms with van der Waals surface area (Å²) in [5, 5.41) is 0. The van der Waals surface area contributed by atoms with Gasteiger partial charge in [-0.25, -0.2) is 0 Å². The van der Waals surface area contributed by atoms with Gasteiger partial charge in [-0.2, -0.15) is 0 Å². The van der Waals surface area contributed by atoms with Gasteiger partial charge in [-0.1, -0.05) is 46.3 Å². The summed E-state index contributed by atoms with van der Waals surface area (Å²) in [4.78, 5) is 2.33. The Morgan fingerprint density at radius 2 is 1.62 bits per heavy atom. The van der Waals surface area contributed by atoms with Crippen LogP contribution in [-0.4, -0.2) is 18.5 Å². The van der Waals surface area contributed by atoms with Crippen LogP contribution >= 0.6 is 15.9 Å². The molecule has 0 saturated heterocycles. The zero-order valence-corrected chi connectivity index (χ0v) is 14.5. The number of rotatable bonds is 5. The lowest BCUT2D eigenvalue weighted by molar-refractivity contribution is 0.240. The van der Waals surface area contributed by atoms with E-state index in [-0.39, 0.29) is 6.04 Å². The first-order valence-corrected chi connectivity index (χ1v) is 8.03. The summed E-state index contributed by atoms with van der Waals surface area (Å²) in [6.45, 7) is 5.85. The molecule has 2 N–H and O–H groups in total. The number of hydrogen-bond donors (Lipinski definition) is 1. The summed E-state index contributed by atoms with van der Waals surface area (Å²) in [5.41, 5.74) is 11.4. The van der Waals surface area contributed by atoms with Gasteiger partial charge in [-0.3, -0.25) is 4.90 Å². The average molecular weight is 347 g/mol. The minimum absolute atomic E-state index is 0.245. The highest BCUT2D eigenvalue weighted by molar-refractivity contribution is 9.10. The van der Waals surface area contributed by atoms with Gasteiger partial charge in [0.15, 0.2) is 0 Å². The Kier molecular flexibility index (Phi) is 5.57. The molecule has 0 radical (unpaired) electrons. The second-order valence-electron chi connectivity index (χ2n) is 5.60. The van der Waals surface area contributed by atoms with E-state index in [1.54, 1.807) is 0 Å². The first-order chi connectivity index (χ1) is 10.0. The number of benzene rings is 2. The van der Waals surface area contributed by atoms with Crippen LogP contribution in [0.5, 0.6) is 0 Å². The van der Waals surface area contributed by atoms with Gasteiger partial charge in [0, 0.05) is 23.6 Å². The van der Waals surface area contributed by atoms with Crippen molar-refractivity contribution in [3.8, 4) is 0 Å². The van der Waals surface area contributed by atoms with Crippen LogP contribution in [0.15, 0.2) is 46.9 Å². The maximum atomic E-state index is 6.07. The van der Waals surface area contributed by atoms with Crippen LogP contribution < -0.4 is 5.73 Å². The van der Waals surface area contributed by atoms with E-state index in [0.717, 1.165) is 11.0 Å². The quantitative estimate of drug-likeness (QED) is 0.878. The monoisotopic (exact) mass is 346 g/mol. The van der Waals surface area contributed by atoms with Crippen molar-refractivity contribution in [1.82, 2.24) is 4.90 Å². The van der Waals surface area contributed by atoms with E-state index < -0.39 is 0 Å². The SMILES string of the molecule is Cc1cccc(C)c1C(CN)N(C)Cc1ccc(Br)cc1. The third-order valence-electron chi connectivity index (χ3n) is 3.98. The Labute approximate surface area is 136 Å². The molecule has 2 rings (SSSR count). The van der Waals surface area contributed by atoms with Crippen molar-refractivity contribution in [3.63, 3.8) is 0 Å². The highest BCUT2D eigenvalue weighted by Crippen LogP contribution is 2.26. The topological polar surface area (TPSA) is 29.3 Å². The number of halogens is 1. The summed E-state index contributed by atoms with van der Waals surface area (Å²) in [5.74, 6) is 0. The van der Waals surface area contributed by atoms with Crippen LogP contribution in [0.4, 0.5) is 0 Å². The Bertz CT molecular complexity index is 572. The van der Waals surface area contributed by atoms with Crippen molar-refractivity contribution in [2.75, 3.05) is 13.6 Å². The van der Waals surface area contributed by atoms with E-state index in [1.807, 2.05) is 0 Å². The fourth-order valence-electron chi connectivity index (χ4n) is 2.86. The van der Waals surface area contributed by atoms with Gasteiger partial charge >= 0.3 is 0 Å². The predicted molar refractivity (Wildman–Crippen MR) is 93.3 cm³/mol. The number of likely N-dealkylation sites (N-methyl/N-ethyl adjacent to an activating group) is 1. The first-order valence-electron chi connectivity index (χ1n) is 7.23. The smallest absolute Gasteiger partial charge is 0.0476 e. The second-order valence-corrected chi connectivity index (χ2v) is 6.51. The minimum atomic E-state index is 0.245. The van der Waals surface area contributed by atoms with Gasteiger partial charge in [-0.05, 0) is 55.3 Å². The van der Waals surface area contributed by atoms with E-state index in [0.29, 0.717) is 6.54 Å². The van der Waals surface area contributed by atoms with Crippen molar-refractivity contribution in [1.29, 1.82) is 0 Å². The molecule has 0 spiro atoms. The van der Waals surface area contributed by atoms with Gasteiger partial charge in [0.2, 0.25) is 0 Å². The van der Waals surface area contributed by atoms with Gasteiger partial charge in [0.05, 0.1) is 0 Å². The molecule has 2 aromatic carbocycles. The molecular weight excluding hydrogens is 324 g/mol. The van der Waals surface area contributed by atoms with Crippen LogP contribution in [-0.2, 0) is 6.54 Å². The van der Waals surface area contributed by atoms with E-state index in [4.69, 9.17) is 5.73 Å². The zero-order chi connectivity index (χ0) is 15.4. The van der Waals surface area contributed by atoms with Crippen LogP contribution in [0.2, 0.25) is 0 Å². The van der Waals surface area contributed by atoms with Crippen LogP contribution in [0, 0.1) is 13.8 Å². The Morgan fingerprint density at radius 1 is 1.05 bits per heavy atom. The third-order valence-corrected chi connectivity index (χ3v) is 4.50. The van der Waals surface area contributed by atoms with Crippen molar-refractivity contribution >= 4 is 15.9 Å². The summed E-state index contributed by atoms with van der Waals surface area (Å²) in [7, 11) is 2.14. The number of nitrogens with two attached hydrogens (primary N) is 1. The molecule has 112 valence electrons. The molecule has 0 aliphatic rings. The van der Waals surface area contributed by atoms with E-state index >= 15 is 0 Å². The lowest BCUT2D eigenvalue weighted by Crippen LogP contribution is -2.31. The molecule has 0 amide bonds. The maximum absolute atomic E-state index is 6.07. The summed E-state index contributed by atoms with van der Waals surface area (Å²) >= 11 is 3.48. The average Bonchev–Trinajstić information content (AvgIpc) is 2.45. The molecule has 0 aliphatic carbocycles. The maximum Gasteiger partial charge on any atom is 0.0476 e. The largest absolute Gasteiger partial charge is 0.329 e. The van der Waals surface area contributed by atoms with E-state index in [9.17, 15) is 0 Å². The van der Waals surface area contributed by atoms with E-state index in [2.05, 4.69) is 84.2 Å². The number of nitrogens with zero attached hydrogens (tertiary/aromatic N) is 1. The molecule has 3 heteroatoms. The standard InChI is InChI=1S/C18H23BrN2/c1-13-5-4-6-14(2)18(13)17(11-20)21(3)12-15-7-9-16(19)10-8-15/h4-10,17H,11-12,20H2,1-3H3. The zero-order valence-electron chi connectivity index (χ0n) is 12.9. The molecule has 0 aliphatic heterocycles. The van der Waals surface area contributed by atoms with Crippen LogP contribution in [0.1, 0.15) is 28.3 Å².